The Kier molecular flexibility index (Phi) is 14.6. The lowest BCUT2D eigenvalue weighted by atomic mass is 9.85. The summed E-state index contributed by atoms with van der Waals surface area (Å²) in [5, 5.41) is 0.194. The lowest BCUT2D eigenvalue weighted by Gasteiger charge is -2.40. The average Bonchev–Trinajstić information content (AvgIpc) is 3.14. The summed E-state index contributed by atoms with van der Waals surface area (Å²) in [4.78, 5) is 12.6. The first-order chi connectivity index (χ1) is 18.0. The Bertz CT molecular complexity index is 700. The van der Waals surface area contributed by atoms with Gasteiger partial charge < -0.3 is 18.6 Å². The van der Waals surface area contributed by atoms with Gasteiger partial charge in [0.05, 0.1) is 6.10 Å². The van der Waals surface area contributed by atoms with Crippen LogP contribution in [-0.4, -0.2) is 45.5 Å². The van der Waals surface area contributed by atoms with Gasteiger partial charge in [-0.05, 0) is 76.4 Å². The summed E-state index contributed by atoms with van der Waals surface area (Å²) >= 11 is 0. The Morgan fingerprint density at radius 1 is 1.08 bits per heavy atom. The van der Waals surface area contributed by atoms with Crippen molar-refractivity contribution in [1.29, 1.82) is 0 Å². The van der Waals surface area contributed by atoms with Crippen LogP contribution in [0.1, 0.15) is 125 Å². The van der Waals surface area contributed by atoms with Crippen molar-refractivity contribution in [3.63, 3.8) is 0 Å². The third-order valence-corrected chi connectivity index (χ3v) is 13.6. The van der Waals surface area contributed by atoms with Crippen molar-refractivity contribution in [2.75, 3.05) is 6.61 Å². The van der Waals surface area contributed by atoms with Gasteiger partial charge in [-0.3, -0.25) is 4.79 Å². The number of hydrogen-bond donors (Lipinski definition) is 0. The van der Waals surface area contributed by atoms with Gasteiger partial charge in [-0.2, -0.15) is 0 Å². The van der Waals surface area contributed by atoms with Crippen molar-refractivity contribution in [1.82, 2.24) is 0 Å². The van der Waals surface area contributed by atoms with Gasteiger partial charge in [0.2, 0.25) is 0 Å². The molecule has 0 aromatic heterocycles. The van der Waals surface area contributed by atoms with Gasteiger partial charge in [0.25, 0.3) is 0 Å². The van der Waals surface area contributed by atoms with Crippen LogP contribution < -0.4 is 0 Å². The number of carbonyl (C=O) groups excluding carboxylic acids is 1. The lowest BCUT2D eigenvalue weighted by molar-refractivity contribution is -0.168. The first-order valence-corrected chi connectivity index (χ1v) is 18.7. The van der Waals surface area contributed by atoms with Gasteiger partial charge in [-0.25, -0.2) is 0 Å². The minimum Gasteiger partial charge on any atom is -0.462 e. The number of ether oxygens (including phenoxy) is 3. The Morgan fingerprint density at radius 2 is 1.82 bits per heavy atom. The summed E-state index contributed by atoms with van der Waals surface area (Å²) in [6, 6.07) is 0. The fourth-order valence-corrected chi connectivity index (χ4v) is 7.26. The maximum Gasteiger partial charge on any atom is 0.306 e. The van der Waals surface area contributed by atoms with Crippen LogP contribution in [0.15, 0.2) is 12.2 Å². The molecule has 6 heteroatoms. The van der Waals surface area contributed by atoms with Crippen molar-refractivity contribution in [2.24, 2.45) is 11.8 Å². The van der Waals surface area contributed by atoms with E-state index < -0.39 is 8.32 Å². The van der Waals surface area contributed by atoms with E-state index in [2.05, 4.69) is 52.9 Å². The van der Waals surface area contributed by atoms with Crippen LogP contribution in [0.5, 0.6) is 0 Å². The molecule has 1 fully saturated rings. The van der Waals surface area contributed by atoms with Crippen molar-refractivity contribution in [3.05, 3.63) is 12.2 Å². The molecule has 0 spiro atoms. The van der Waals surface area contributed by atoms with E-state index in [1.165, 1.54) is 32.1 Å². The number of allylic oxidation sites excluding steroid dienone is 2. The minimum atomic E-state index is -1.88. The molecular weight excluding hydrogens is 492 g/mol. The summed E-state index contributed by atoms with van der Waals surface area (Å²) in [5.41, 5.74) is 0. The Labute approximate surface area is 235 Å². The molecule has 0 aromatic carbocycles. The van der Waals surface area contributed by atoms with Crippen LogP contribution in [0.3, 0.4) is 0 Å². The molecule has 0 radical (unpaired) electrons. The highest BCUT2D eigenvalue weighted by atomic mass is 28.4. The normalized spacial score (nSPS) is 27.4. The molecule has 0 aromatic rings. The predicted octanol–water partition coefficient (Wildman–Crippen LogP) is 8.96. The number of carbonyl (C=O) groups is 1. The van der Waals surface area contributed by atoms with Crippen LogP contribution in [-0.2, 0) is 23.4 Å². The third kappa shape index (κ3) is 11.1. The fourth-order valence-electron chi connectivity index (χ4n) is 5.84. The smallest absolute Gasteiger partial charge is 0.306 e. The molecule has 1 saturated carbocycles. The maximum absolute atomic E-state index is 12.6. The zero-order chi connectivity index (χ0) is 28.2. The zero-order valence-electron chi connectivity index (χ0n) is 26.1. The highest BCUT2D eigenvalue weighted by Crippen LogP contribution is 2.44. The van der Waals surface area contributed by atoms with E-state index >= 15 is 0 Å². The predicted molar refractivity (Wildman–Crippen MR) is 160 cm³/mol. The molecule has 2 rings (SSSR count). The van der Waals surface area contributed by atoms with Crippen molar-refractivity contribution in [3.8, 4) is 0 Å². The quantitative estimate of drug-likeness (QED) is 0.0667. The topological polar surface area (TPSA) is 54.0 Å². The van der Waals surface area contributed by atoms with E-state index in [1.807, 2.05) is 13.8 Å². The molecular formula is C32H60O5Si. The lowest BCUT2D eigenvalue weighted by Crippen LogP contribution is -2.44. The molecule has 1 aliphatic heterocycles. The van der Waals surface area contributed by atoms with Crippen molar-refractivity contribution < 1.29 is 23.4 Å². The molecule has 1 heterocycles. The standard InChI is InChI=1S/C32H60O5Si/c1-9-11-12-13-16-19-26(37-38(7,8)32(4,5)6)22-23-28-27-20-17-14-15-18-21-31(33)36-30(27)24-29(28)35-25(3)34-10-2/h14,17,25-30H,9-13,15-16,18-24H2,1-8H3/b17-14-/t25?,26-,27?,28+,29+,30?/m0/s1. The van der Waals surface area contributed by atoms with Crippen LogP contribution in [0, 0.1) is 11.8 Å². The Balaban J connectivity index is 2.19. The second kappa shape index (κ2) is 16.5. The second-order valence-electron chi connectivity index (χ2n) is 13.2. The van der Waals surface area contributed by atoms with E-state index in [0.717, 1.165) is 44.9 Å². The van der Waals surface area contributed by atoms with E-state index in [0.29, 0.717) is 18.9 Å². The zero-order valence-corrected chi connectivity index (χ0v) is 27.1. The number of unbranched alkanes of at least 4 members (excludes halogenated alkanes) is 4. The van der Waals surface area contributed by atoms with Crippen LogP contribution in [0.25, 0.3) is 0 Å². The number of esters is 1. The first-order valence-electron chi connectivity index (χ1n) is 15.8. The molecule has 0 bridgehead atoms. The van der Waals surface area contributed by atoms with Gasteiger partial charge in [0.1, 0.15) is 6.10 Å². The maximum atomic E-state index is 12.6. The summed E-state index contributed by atoms with van der Waals surface area (Å²) in [5.74, 6) is 0.550. The highest BCUT2D eigenvalue weighted by Gasteiger charge is 2.46. The molecule has 0 amide bonds. The molecule has 2 aliphatic rings. The summed E-state index contributed by atoms with van der Waals surface area (Å²) in [7, 11) is -1.88. The second-order valence-corrected chi connectivity index (χ2v) is 17.9. The summed E-state index contributed by atoms with van der Waals surface area (Å²) < 4.78 is 25.3. The molecule has 5 nitrogen and oxygen atoms in total. The molecule has 0 N–H and O–H groups in total. The summed E-state index contributed by atoms with van der Waals surface area (Å²) in [6.45, 7) is 18.6. The van der Waals surface area contributed by atoms with Gasteiger partial charge >= 0.3 is 5.97 Å². The van der Waals surface area contributed by atoms with E-state index in [-0.39, 0.29) is 41.5 Å². The third-order valence-electron chi connectivity index (χ3n) is 9.07. The van der Waals surface area contributed by atoms with E-state index in [1.54, 1.807) is 0 Å². The number of hydrogen-bond acceptors (Lipinski definition) is 5. The largest absolute Gasteiger partial charge is 0.462 e. The molecule has 6 atom stereocenters. The van der Waals surface area contributed by atoms with E-state index in [4.69, 9.17) is 18.6 Å². The summed E-state index contributed by atoms with van der Waals surface area (Å²) in [6.07, 6.45) is 18.2. The SMILES string of the molecule is CCCCCCC[C@@H](CC[C@@H]1C2C/C=C\CCCC(=O)OC2C[C@H]1OC(C)OCC)O[Si](C)(C)C(C)(C)C. The van der Waals surface area contributed by atoms with Gasteiger partial charge in [-0.1, -0.05) is 72.0 Å². The Morgan fingerprint density at radius 3 is 2.50 bits per heavy atom. The van der Waals surface area contributed by atoms with Crippen LogP contribution in [0.2, 0.25) is 18.1 Å². The first kappa shape index (κ1) is 33.5. The van der Waals surface area contributed by atoms with Crippen LogP contribution in [0.4, 0.5) is 0 Å². The molecule has 0 saturated heterocycles. The number of rotatable bonds is 15. The fraction of sp³-hybridized carbons (Fsp3) is 0.906. The molecule has 38 heavy (non-hydrogen) atoms. The molecule has 3 unspecified atom stereocenters. The van der Waals surface area contributed by atoms with Gasteiger partial charge in [0.15, 0.2) is 14.6 Å². The Hall–Kier alpha value is -0.693. The molecule has 222 valence electrons. The molecule has 1 aliphatic carbocycles. The monoisotopic (exact) mass is 552 g/mol. The minimum absolute atomic E-state index is 0.0339. The van der Waals surface area contributed by atoms with E-state index in [9.17, 15) is 4.79 Å². The average molecular weight is 553 g/mol. The number of fused-ring (bicyclic) bond motifs is 1. The van der Waals surface area contributed by atoms with Crippen molar-refractivity contribution in [2.45, 2.75) is 168 Å². The van der Waals surface area contributed by atoms with Gasteiger partial charge in [-0.15, -0.1) is 0 Å². The van der Waals surface area contributed by atoms with Gasteiger partial charge in [0, 0.05) is 31.5 Å². The van der Waals surface area contributed by atoms with Crippen molar-refractivity contribution >= 4 is 14.3 Å². The highest BCUT2D eigenvalue weighted by molar-refractivity contribution is 6.74. The van der Waals surface area contributed by atoms with Crippen LogP contribution >= 0.6 is 0 Å².